The molecule has 1 aromatic rings. The Morgan fingerprint density at radius 3 is 2.33 bits per heavy atom. The first-order chi connectivity index (χ1) is 9.89. The SMILES string of the molecule is CC(C)Cc1ccc(C(C)(C(=O)O)N(C=O)C2CC2)cc1. The number of carbonyl (C=O) groups is 2. The van der Waals surface area contributed by atoms with Crippen LogP contribution in [0.15, 0.2) is 24.3 Å². The molecule has 0 spiro atoms. The lowest BCUT2D eigenvalue weighted by Gasteiger charge is -2.36. The summed E-state index contributed by atoms with van der Waals surface area (Å²) in [6, 6.07) is 7.66. The molecule has 4 nitrogen and oxygen atoms in total. The molecule has 1 aliphatic carbocycles. The van der Waals surface area contributed by atoms with E-state index in [-0.39, 0.29) is 6.04 Å². The second-order valence-corrected chi connectivity index (χ2v) is 6.42. The van der Waals surface area contributed by atoms with Crippen LogP contribution < -0.4 is 0 Å². The number of carboxylic acid groups (broad SMARTS) is 1. The lowest BCUT2D eigenvalue weighted by atomic mass is 9.88. The van der Waals surface area contributed by atoms with Crippen LogP contribution in [-0.4, -0.2) is 28.4 Å². The normalized spacial score (nSPS) is 17.3. The molecular weight excluding hydrogens is 266 g/mol. The van der Waals surface area contributed by atoms with Gasteiger partial charge in [-0.25, -0.2) is 4.79 Å². The monoisotopic (exact) mass is 289 g/mol. The van der Waals surface area contributed by atoms with E-state index in [1.165, 1.54) is 10.5 Å². The molecule has 0 aliphatic heterocycles. The lowest BCUT2D eigenvalue weighted by Crippen LogP contribution is -2.50. The van der Waals surface area contributed by atoms with Gasteiger partial charge in [0.05, 0.1) is 0 Å². The molecule has 0 aromatic heterocycles. The van der Waals surface area contributed by atoms with Gasteiger partial charge >= 0.3 is 5.97 Å². The summed E-state index contributed by atoms with van der Waals surface area (Å²) in [5.74, 6) is -0.433. The number of carbonyl (C=O) groups excluding carboxylic acids is 1. The number of benzene rings is 1. The number of nitrogens with zero attached hydrogens (tertiary/aromatic N) is 1. The molecule has 0 heterocycles. The van der Waals surface area contributed by atoms with Crippen molar-refractivity contribution in [3.8, 4) is 0 Å². The van der Waals surface area contributed by atoms with Gasteiger partial charge in [0.2, 0.25) is 6.41 Å². The quantitative estimate of drug-likeness (QED) is 0.785. The van der Waals surface area contributed by atoms with Gasteiger partial charge in [0, 0.05) is 6.04 Å². The fourth-order valence-corrected chi connectivity index (χ4v) is 2.73. The number of hydrogen-bond acceptors (Lipinski definition) is 2. The van der Waals surface area contributed by atoms with Gasteiger partial charge in [0.25, 0.3) is 0 Å². The molecule has 114 valence electrons. The molecule has 4 heteroatoms. The molecule has 1 amide bonds. The van der Waals surface area contributed by atoms with Gasteiger partial charge < -0.3 is 10.0 Å². The van der Waals surface area contributed by atoms with Crippen molar-refractivity contribution in [1.82, 2.24) is 4.90 Å². The first-order valence-electron chi connectivity index (χ1n) is 7.46. The van der Waals surface area contributed by atoms with E-state index in [2.05, 4.69) is 13.8 Å². The van der Waals surface area contributed by atoms with Crippen LogP contribution in [0.25, 0.3) is 0 Å². The number of amides is 1. The van der Waals surface area contributed by atoms with E-state index < -0.39 is 11.5 Å². The van der Waals surface area contributed by atoms with Gasteiger partial charge in [-0.15, -0.1) is 0 Å². The van der Waals surface area contributed by atoms with Crippen molar-refractivity contribution in [3.63, 3.8) is 0 Å². The van der Waals surface area contributed by atoms with Gasteiger partial charge in [-0.3, -0.25) is 4.79 Å². The van der Waals surface area contributed by atoms with E-state index >= 15 is 0 Å². The highest BCUT2D eigenvalue weighted by molar-refractivity contribution is 5.83. The van der Waals surface area contributed by atoms with Gasteiger partial charge in [-0.05, 0) is 43.2 Å². The molecule has 1 aliphatic rings. The van der Waals surface area contributed by atoms with E-state index in [4.69, 9.17) is 0 Å². The molecule has 1 atom stereocenters. The maximum absolute atomic E-state index is 11.8. The van der Waals surface area contributed by atoms with E-state index in [0.717, 1.165) is 19.3 Å². The molecule has 0 radical (unpaired) electrons. The predicted molar refractivity (Wildman–Crippen MR) is 80.9 cm³/mol. The fraction of sp³-hybridized carbons (Fsp3) is 0.529. The summed E-state index contributed by atoms with van der Waals surface area (Å²) in [6.45, 7) is 5.91. The van der Waals surface area contributed by atoms with Gasteiger partial charge in [0.1, 0.15) is 0 Å². The Hall–Kier alpha value is -1.84. The van der Waals surface area contributed by atoms with Crippen LogP contribution in [0.2, 0.25) is 0 Å². The Morgan fingerprint density at radius 1 is 1.38 bits per heavy atom. The number of carboxylic acids is 1. The minimum Gasteiger partial charge on any atom is -0.479 e. The standard InChI is InChI=1S/C17H23NO3/c1-12(2)10-13-4-6-14(7-5-13)17(3,16(20)21)18(11-19)15-8-9-15/h4-7,11-12,15H,8-10H2,1-3H3,(H,20,21). The smallest absolute Gasteiger partial charge is 0.334 e. The second kappa shape index (κ2) is 5.88. The molecular formula is C17H23NO3. The van der Waals surface area contributed by atoms with Crippen molar-refractivity contribution in [1.29, 1.82) is 0 Å². The third-order valence-corrected chi connectivity index (χ3v) is 4.15. The lowest BCUT2D eigenvalue weighted by molar-refractivity contribution is -0.155. The molecule has 21 heavy (non-hydrogen) atoms. The Kier molecular flexibility index (Phi) is 4.35. The highest BCUT2D eigenvalue weighted by Gasteiger charge is 2.47. The summed E-state index contributed by atoms with van der Waals surface area (Å²) in [6.07, 6.45) is 3.40. The molecule has 1 unspecified atom stereocenters. The zero-order valence-electron chi connectivity index (χ0n) is 12.9. The van der Waals surface area contributed by atoms with Crippen LogP contribution in [0, 0.1) is 5.92 Å². The fourth-order valence-electron chi connectivity index (χ4n) is 2.73. The van der Waals surface area contributed by atoms with Crippen molar-refractivity contribution in [3.05, 3.63) is 35.4 Å². The van der Waals surface area contributed by atoms with Crippen LogP contribution in [0.1, 0.15) is 44.7 Å². The Bertz CT molecular complexity index is 519. The van der Waals surface area contributed by atoms with E-state index in [0.29, 0.717) is 17.9 Å². The number of rotatable bonds is 7. The van der Waals surface area contributed by atoms with E-state index in [1.54, 1.807) is 6.92 Å². The minimum atomic E-state index is -1.29. The molecule has 1 N–H and O–H groups in total. The second-order valence-electron chi connectivity index (χ2n) is 6.42. The van der Waals surface area contributed by atoms with Crippen molar-refractivity contribution in [2.75, 3.05) is 0 Å². The Labute approximate surface area is 125 Å². The summed E-state index contributed by atoms with van der Waals surface area (Å²) < 4.78 is 0. The van der Waals surface area contributed by atoms with Crippen molar-refractivity contribution >= 4 is 12.4 Å². The average Bonchev–Trinajstić information content (AvgIpc) is 3.23. The first-order valence-corrected chi connectivity index (χ1v) is 7.46. The topological polar surface area (TPSA) is 57.6 Å². The molecule has 0 bridgehead atoms. The summed E-state index contributed by atoms with van der Waals surface area (Å²) in [7, 11) is 0. The predicted octanol–water partition coefficient (Wildman–Crippen LogP) is 2.81. The molecule has 1 fully saturated rings. The van der Waals surface area contributed by atoms with Crippen LogP contribution in [0.3, 0.4) is 0 Å². The molecule has 1 aromatic carbocycles. The Balaban J connectivity index is 2.33. The Morgan fingerprint density at radius 2 is 1.95 bits per heavy atom. The van der Waals surface area contributed by atoms with Gasteiger partial charge in [-0.2, -0.15) is 0 Å². The maximum atomic E-state index is 11.8. The third kappa shape index (κ3) is 3.09. The zero-order chi connectivity index (χ0) is 15.6. The van der Waals surface area contributed by atoms with E-state index in [9.17, 15) is 14.7 Å². The molecule has 2 rings (SSSR count). The highest BCUT2D eigenvalue weighted by atomic mass is 16.4. The first kappa shape index (κ1) is 15.5. The zero-order valence-corrected chi connectivity index (χ0v) is 12.9. The maximum Gasteiger partial charge on any atom is 0.334 e. The van der Waals surface area contributed by atoms with Gasteiger partial charge in [-0.1, -0.05) is 38.1 Å². The third-order valence-electron chi connectivity index (χ3n) is 4.15. The number of aliphatic carboxylic acids is 1. The highest BCUT2D eigenvalue weighted by Crippen LogP contribution is 2.37. The number of hydrogen-bond donors (Lipinski definition) is 1. The van der Waals surface area contributed by atoms with Crippen LogP contribution in [-0.2, 0) is 21.5 Å². The minimum absolute atomic E-state index is 0.0546. The molecule has 1 saturated carbocycles. The summed E-state index contributed by atoms with van der Waals surface area (Å²) in [4.78, 5) is 24.7. The molecule has 0 saturated heterocycles. The van der Waals surface area contributed by atoms with Crippen molar-refractivity contribution in [2.45, 2.75) is 51.6 Å². The summed E-state index contributed by atoms with van der Waals surface area (Å²) in [5.41, 5.74) is 0.547. The van der Waals surface area contributed by atoms with Crippen molar-refractivity contribution in [2.24, 2.45) is 5.92 Å². The average molecular weight is 289 g/mol. The van der Waals surface area contributed by atoms with Crippen LogP contribution in [0.4, 0.5) is 0 Å². The largest absolute Gasteiger partial charge is 0.479 e. The van der Waals surface area contributed by atoms with Crippen LogP contribution in [0.5, 0.6) is 0 Å². The van der Waals surface area contributed by atoms with E-state index in [1.807, 2.05) is 24.3 Å². The van der Waals surface area contributed by atoms with Gasteiger partial charge in [0.15, 0.2) is 5.54 Å². The van der Waals surface area contributed by atoms with Crippen molar-refractivity contribution < 1.29 is 14.7 Å². The van der Waals surface area contributed by atoms with Crippen LogP contribution >= 0.6 is 0 Å². The summed E-state index contributed by atoms with van der Waals surface area (Å²) >= 11 is 0. The summed E-state index contributed by atoms with van der Waals surface area (Å²) in [5, 5.41) is 9.68.